The molecule has 0 radical (unpaired) electrons. The van der Waals surface area contributed by atoms with Crippen LogP contribution >= 0.6 is 0 Å². The molecule has 2 aromatic carbocycles. The van der Waals surface area contributed by atoms with Crippen molar-refractivity contribution < 1.29 is 24.2 Å². The number of nitrogens with one attached hydrogen (secondary N) is 2. The number of carbonyl (C=O) groups excluding carboxylic acids is 2. The molecule has 2 aromatic rings. The normalized spacial score (nSPS) is 16.0. The second kappa shape index (κ2) is 8.01. The lowest BCUT2D eigenvalue weighted by atomic mass is 10.1. The molecule has 1 unspecified atom stereocenters. The van der Waals surface area contributed by atoms with Crippen LogP contribution in [0.2, 0.25) is 0 Å². The zero-order valence-electron chi connectivity index (χ0n) is 14.8. The van der Waals surface area contributed by atoms with Gasteiger partial charge in [0.15, 0.2) is 0 Å². The number of carboxylic acid groups (broad SMARTS) is 1. The molecule has 7 nitrogen and oxygen atoms in total. The molecule has 0 aliphatic carbocycles. The van der Waals surface area contributed by atoms with Gasteiger partial charge in [-0.2, -0.15) is 0 Å². The SMILES string of the molecule is Cc1ccc(NC(=O)c2cccc(NC(=O)C3CCCO3)c2)c(C(=O)O)c1. The van der Waals surface area contributed by atoms with E-state index >= 15 is 0 Å². The third kappa shape index (κ3) is 4.51. The van der Waals surface area contributed by atoms with Crippen LogP contribution in [0.4, 0.5) is 11.4 Å². The van der Waals surface area contributed by atoms with E-state index in [1.165, 1.54) is 12.1 Å². The fourth-order valence-corrected chi connectivity index (χ4v) is 2.88. The predicted molar refractivity (Wildman–Crippen MR) is 100 cm³/mol. The van der Waals surface area contributed by atoms with Crippen LogP contribution in [-0.4, -0.2) is 35.6 Å². The van der Waals surface area contributed by atoms with Crippen molar-refractivity contribution in [3.63, 3.8) is 0 Å². The summed E-state index contributed by atoms with van der Waals surface area (Å²) in [5.41, 5.74) is 1.80. The standard InChI is InChI=1S/C20H20N2O5/c1-12-7-8-16(15(10-12)20(25)26)22-18(23)13-4-2-5-14(11-13)21-19(24)17-6-3-9-27-17/h2,4-5,7-8,10-11,17H,3,6,9H2,1H3,(H,21,24)(H,22,23)(H,25,26). The monoisotopic (exact) mass is 368 g/mol. The van der Waals surface area contributed by atoms with Crippen LogP contribution in [0, 0.1) is 6.92 Å². The van der Waals surface area contributed by atoms with E-state index in [1.807, 2.05) is 0 Å². The fraction of sp³-hybridized carbons (Fsp3) is 0.250. The number of rotatable bonds is 5. The Labute approximate surface area is 156 Å². The lowest BCUT2D eigenvalue weighted by Crippen LogP contribution is -2.27. The maximum Gasteiger partial charge on any atom is 0.337 e. The minimum Gasteiger partial charge on any atom is -0.478 e. The highest BCUT2D eigenvalue weighted by Gasteiger charge is 2.23. The molecule has 140 valence electrons. The number of carboxylic acids is 1. The largest absolute Gasteiger partial charge is 0.478 e. The van der Waals surface area contributed by atoms with Crippen LogP contribution in [0.1, 0.15) is 39.1 Å². The molecule has 1 heterocycles. The number of benzene rings is 2. The molecule has 0 aromatic heterocycles. The summed E-state index contributed by atoms with van der Waals surface area (Å²) in [6.07, 6.45) is 1.06. The van der Waals surface area contributed by atoms with Gasteiger partial charge in [-0.1, -0.05) is 17.7 Å². The lowest BCUT2D eigenvalue weighted by Gasteiger charge is -2.12. The van der Waals surface area contributed by atoms with Crippen molar-refractivity contribution in [3.8, 4) is 0 Å². The minimum absolute atomic E-state index is 0.0196. The summed E-state index contributed by atoms with van der Waals surface area (Å²) in [6, 6.07) is 11.2. The van der Waals surface area contributed by atoms with Crippen molar-refractivity contribution in [2.24, 2.45) is 0 Å². The molecule has 0 spiro atoms. The Balaban J connectivity index is 1.74. The summed E-state index contributed by atoms with van der Waals surface area (Å²) >= 11 is 0. The van der Waals surface area contributed by atoms with E-state index in [0.717, 1.165) is 12.0 Å². The van der Waals surface area contributed by atoms with Crippen LogP contribution in [0.15, 0.2) is 42.5 Å². The minimum atomic E-state index is -1.12. The molecule has 7 heteroatoms. The molecule has 1 aliphatic heterocycles. The van der Waals surface area contributed by atoms with E-state index in [1.54, 1.807) is 37.3 Å². The van der Waals surface area contributed by atoms with Crippen molar-refractivity contribution in [1.29, 1.82) is 0 Å². The summed E-state index contributed by atoms with van der Waals surface area (Å²) in [4.78, 5) is 36.0. The molecule has 3 rings (SSSR count). The van der Waals surface area contributed by atoms with Crippen molar-refractivity contribution in [2.75, 3.05) is 17.2 Å². The highest BCUT2D eigenvalue weighted by atomic mass is 16.5. The Kier molecular flexibility index (Phi) is 5.52. The first-order valence-corrected chi connectivity index (χ1v) is 8.62. The lowest BCUT2D eigenvalue weighted by molar-refractivity contribution is -0.124. The van der Waals surface area contributed by atoms with Gasteiger partial charge in [-0.25, -0.2) is 4.79 Å². The van der Waals surface area contributed by atoms with Crippen molar-refractivity contribution in [3.05, 3.63) is 59.2 Å². The molecular formula is C20H20N2O5. The maximum atomic E-state index is 12.5. The van der Waals surface area contributed by atoms with Gasteiger partial charge in [0, 0.05) is 17.9 Å². The quantitative estimate of drug-likeness (QED) is 0.752. The predicted octanol–water partition coefficient (Wildman–Crippen LogP) is 3.06. The first kappa shape index (κ1) is 18.6. The van der Waals surface area contributed by atoms with Crippen LogP contribution in [-0.2, 0) is 9.53 Å². The van der Waals surface area contributed by atoms with Gasteiger partial charge in [-0.3, -0.25) is 9.59 Å². The van der Waals surface area contributed by atoms with Crippen LogP contribution in [0.25, 0.3) is 0 Å². The van der Waals surface area contributed by atoms with Crippen LogP contribution in [0.5, 0.6) is 0 Å². The third-order valence-corrected chi connectivity index (χ3v) is 4.27. The van der Waals surface area contributed by atoms with Crippen molar-refractivity contribution in [2.45, 2.75) is 25.9 Å². The maximum absolute atomic E-state index is 12.5. The molecular weight excluding hydrogens is 348 g/mol. The number of ether oxygens (including phenoxy) is 1. The van der Waals surface area contributed by atoms with E-state index in [2.05, 4.69) is 10.6 Å². The van der Waals surface area contributed by atoms with Gasteiger partial charge in [0.2, 0.25) is 0 Å². The first-order chi connectivity index (χ1) is 12.9. The molecule has 0 saturated carbocycles. The highest BCUT2D eigenvalue weighted by molar-refractivity contribution is 6.08. The van der Waals surface area contributed by atoms with E-state index in [-0.39, 0.29) is 17.2 Å². The van der Waals surface area contributed by atoms with Crippen molar-refractivity contribution in [1.82, 2.24) is 0 Å². The summed E-state index contributed by atoms with van der Waals surface area (Å²) in [7, 11) is 0. The fourth-order valence-electron chi connectivity index (χ4n) is 2.88. The number of hydrogen-bond acceptors (Lipinski definition) is 4. The number of amides is 2. The molecule has 1 fully saturated rings. The Hall–Kier alpha value is -3.19. The van der Waals surface area contributed by atoms with E-state index in [9.17, 15) is 19.5 Å². The number of aromatic carboxylic acids is 1. The molecule has 0 bridgehead atoms. The average molecular weight is 368 g/mol. The molecule has 2 amide bonds. The Bertz CT molecular complexity index is 888. The molecule has 1 saturated heterocycles. The Morgan fingerprint density at radius 3 is 2.63 bits per heavy atom. The van der Waals surface area contributed by atoms with Crippen LogP contribution < -0.4 is 10.6 Å². The molecule has 27 heavy (non-hydrogen) atoms. The van der Waals surface area contributed by atoms with Gasteiger partial charge >= 0.3 is 5.97 Å². The zero-order valence-corrected chi connectivity index (χ0v) is 14.8. The smallest absolute Gasteiger partial charge is 0.337 e. The number of carbonyl (C=O) groups is 3. The summed E-state index contributed by atoms with van der Waals surface area (Å²) in [6.45, 7) is 2.35. The molecule has 1 atom stereocenters. The molecule has 3 N–H and O–H groups in total. The van der Waals surface area contributed by atoms with E-state index < -0.39 is 18.0 Å². The van der Waals surface area contributed by atoms with Gasteiger partial charge in [0.1, 0.15) is 6.10 Å². The van der Waals surface area contributed by atoms with Gasteiger partial charge in [0.25, 0.3) is 11.8 Å². The summed E-state index contributed by atoms with van der Waals surface area (Å²) in [5, 5.41) is 14.7. The van der Waals surface area contributed by atoms with E-state index in [4.69, 9.17) is 4.74 Å². The number of aryl methyl sites for hydroxylation is 1. The second-order valence-corrected chi connectivity index (χ2v) is 6.38. The molecule has 1 aliphatic rings. The zero-order chi connectivity index (χ0) is 19.4. The average Bonchev–Trinajstić information content (AvgIpc) is 3.18. The highest BCUT2D eigenvalue weighted by Crippen LogP contribution is 2.20. The van der Waals surface area contributed by atoms with Gasteiger partial charge < -0.3 is 20.5 Å². The van der Waals surface area contributed by atoms with Gasteiger partial charge in [0.05, 0.1) is 11.3 Å². The Morgan fingerprint density at radius 1 is 1.11 bits per heavy atom. The van der Waals surface area contributed by atoms with E-state index in [0.29, 0.717) is 24.3 Å². The van der Waals surface area contributed by atoms with Gasteiger partial charge in [-0.15, -0.1) is 0 Å². The number of anilines is 2. The first-order valence-electron chi connectivity index (χ1n) is 8.62. The second-order valence-electron chi connectivity index (χ2n) is 6.38. The number of hydrogen-bond donors (Lipinski definition) is 3. The third-order valence-electron chi connectivity index (χ3n) is 4.27. The summed E-state index contributed by atoms with van der Waals surface area (Å²) < 4.78 is 5.34. The topological polar surface area (TPSA) is 105 Å². The van der Waals surface area contributed by atoms with Crippen LogP contribution in [0.3, 0.4) is 0 Å². The van der Waals surface area contributed by atoms with Crippen molar-refractivity contribution >= 4 is 29.2 Å². The Morgan fingerprint density at radius 2 is 1.93 bits per heavy atom. The van der Waals surface area contributed by atoms with Gasteiger partial charge in [-0.05, 0) is 50.1 Å². The summed E-state index contributed by atoms with van der Waals surface area (Å²) in [5.74, 6) is -1.82.